The van der Waals surface area contributed by atoms with Gasteiger partial charge in [0, 0.05) is 6.54 Å². The Morgan fingerprint density at radius 1 is 1.43 bits per heavy atom. The third-order valence-corrected chi connectivity index (χ3v) is 2.84. The van der Waals surface area contributed by atoms with Gasteiger partial charge in [0.25, 0.3) is 0 Å². The van der Waals surface area contributed by atoms with Crippen LogP contribution in [0.15, 0.2) is 36.4 Å². The molecule has 0 atom stereocenters. The van der Waals surface area contributed by atoms with Gasteiger partial charge in [-0.2, -0.15) is 5.26 Å². The smallest absolute Gasteiger partial charge is 0.356 e. The van der Waals surface area contributed by atoms with Crippen molar-refractivity contribution in [3.05, 3.63) is 53.2 Å². The molecule has 0 bridgehead atoms. The van der Waals surface area contributed by atoms with Gasteiger partial charge in [-0.1, -0.05) is 12.1 Å². The molecule has 106 valence electrons. The molecule has 0 amide bonds. The molecule has 1 aromatic heterocycles. The van der Waals surface area contributed by atoms with E-state index in [9.17, 15) is 4.79 Å². The second kappa shape index (κ2) is 6.39. The number of anilines is 2. The second-order valence-corrected chi connectivity index (χ2v) is 4.29. The van der Waals surface area contributed by atoms with Gasteiger partial charge in [-0.05, 0) is 29.8 Å². The Morgan fingerprint density at radius 2 is 2.24 bits per heavy atom. The molecule has 3 N–H and O–H groups in total. The Kier molecular flexibility index (Phi) is 4.36. The lowest BCUT2D eigenvalue weighted by Gasteiger charge is -2.10. The fourth-order valence-electron chi connectivity index (χ4n) is 1.77. The summed E-state index contributed by atoms with van der Waals surface area (Å²) in [7, 11) is 1.29. The zero-order valence-corrected chi connectivity index (χ0v) is 11.5. The molecule has 1 aromatic carbocycles. The predicted molar refractivity (Wildman–Crippen MR) is 78.5 cm³/mol. The van der Waals surface area contributed by atoms with Crippen molar-refractivity contribution in [3.63, 3.8) is 0 Å². The van der Waals surface area contributed by atoms with Crippen molar-refractivity contribution in [1.29, 1.82) is 5.26 Å². The van der Waals surface area contributed by atoms with E-state index >= 15 is 0 Å². The van der Waals surface area contributed by atoms with Crippen LogP contribution >= 0.6 is 0 Å². The summed E-state index contributed by atoms with van der Waals surface area (Å²) in [5.74, 6) is -0.121. The van der Waals surface area contributed by atoms with Crippen molar-refractivity contribution in [2.75, 3.05) is 18.2 Å². The van der Waals surface area contributed by atoms with Crippen LogP contribution in [0.25, 0.3) is 0 Å². The highest BCUT2D eigenvalue weighted by Gasteiger charge is 2.10. The van der Waals surface area contributed by atoms with Crippen molar-refractivity contribution in [1.82, 2.24) is 4.98 Å². The molecule has 0 unspecified atom stereocenters. The number of nitrogen functional groups attached to an aromatic ring is 1. The number of esters is 1. The monoisotopic (exact) mass is 282 g/mol. The van der Waals surface area contributed by atoms with Gasteiger partial charge in [-0.25, -0.2) is 9.78 Å². The van der Waals surface area contributed by atoms with Gasteiger partial charge in [0.15, 0.2) is 5.69 Å². The molecular weight excluding hydrogens is 268 g/mol. The maximum atomic E-state index is 11.4. The van der Waals surface area contributed by atoms with Gasteiger partial charge in [-0.15, -0.1) is 0 Å². The third-order valence-electron chi connectivity index (χ3n) is 2.84. The number of hydrogen-bond donors (Lipinski definition) is 2. The topological polar surface area (TPSA) is 101 Å². The summed E-state index contributed by atoms with van der Waals surface area (Å²) in [6.45, 7) is 0.442. The summed E-state index contributed by atoms with van der Waals surface area (Å²) in [5, 5.41) is 11.9. The maximum Gasteiger partial charge on any atom is 0.356 e. The van der Waals surface area contributed by atoms with Crippen LogP contribution in [0.1, 0.15) is 21.6 Å². The Labute approximate surface area is 122 Å². The molecule has 6 nitrogen and oxygen atoms in total. The minimum Gasteiger partial charge on any atom is -0.464 e. The van der Waals surface area contributed by atoms with Crippen molar-refractivity contribution in [2.45, 2.75) is 6.54 Å². The zero-order valence-electron chi connectivity index (χ0n) is 11.5. The minimum atomic E-state index is -0.524. The molecule has 2 rings (SSSR count). The van der Waals surface area contributed by atoms with Gasteiger partial charge >= 0.3 is 5.97 Å². The normalized spacial score (nSPS) is 9.71. The highest BCUT2D eigenvalue weighted by molar-refractivity contribution is 5.88. The molecule has 0 saturated carbocycles. The number of benzene rings is 1. The maximum absolute atomic E-state index is 11.4. The van der Waals surface area contributed by atoms with Gasteiger partial charge in [0.1, 0.15) is 5.82 Å². The SMILES string of the molecule is COC(=O)c1ccc(N)c(NCc2cccc(C#N)c2)n1. The average molecular weight is 282 g/mol. The first-order valence-corrected chi connectivity index (χ1v) is 6.22. The summed E-state index contributed by atoms with van der Waals surface area (Å²) in [6, 6.07) is 12.4. The lowest BCUT2D eigenvalue weighted by Crippen LogP contribution is -2.10. The molecule has 0 spiro atoms. The first kappa shape index (κ1) is 14.3. The van der Waals surface area contributed by atoms with Gasteiger partial charge < -0.3 is 15.8 Å². The molecule has 2 aromatic rings. The Hall–Kier alpha value is -3.07. The molecule has 0 fully saturated rings. The summed E-state index contributed by atoms with van der Waals surface area (Å²) in [6.07, 6.45) is 0. The largest absolute Gasteiger partial charge is 0.464 e. The zero-order chi connectivity index (χ0) is 15.2. The number of pyridine rings is 1. The summed E-state index contributed by atoms with van der Waals surface area (Å²) < 4.78 is 4.62. The lowest BCUT2D eigenvalue weighted by atomic mass is 10.1. The van der Waals surface area contributed by atoms with E-state index in [1.807, 2.05) is 6.07 Å². The van der Waals surface area contributed by atoms with E-state index in [2.05, 4.69) is 21.1 Å². The van der Waals surface area contributed by atoms with E-state index in [-0.39, 0.29) is 5.69 Å². The molecule has 0 aliphatic heterocycles. The number of carbonyl (C=O) groups is 1. The Bertz CT molecular complexity index is 707. The highest BCUT2D eigenvalue weighted by atomic mass is 16.5. The molecule has 6 heteroatoms. The van der Waals surface area contributed by atoms with E-state index in [4.69, 9.17) is 11.0 Å². The van der Waals surface area contributed by atoms with E-state index in [1.54, 1.807) is 24.3 Å². The fraction of sp³-hybridized carbons (Fsp3) is 0.133. The van der Waals surface area contributed by atoms with Gasteiger partial charge in [0.2, 0.25) is 0 Å². The van der Waals surface area contributed by atoms with Crippen LogP contribution in [0, 0.1) is 11.3 Å². The predicted octanol–water partition coefficient (Wildman–Crippen LogP) is 1.93. The fourth-order valence-corrected chi connectivity index (χ4v) is 1.77. The van der Waals surface area contributed by atoms with Crippen LogP contribution < -0.4 is 11.1 Å². The number of carbonyl (C=O) groups excluding carboxylic acids is 1. The van der Waals surface area contributed by atoms with Crippen LogP contribution in [0.4, 0.5) is 11.5 Å². The van der Waals surface area contributed by atoms with Crippen molar-refractivity contribution in [3.8, 4) is 6.07 Å². The van der Waals surface area contributed by atoms with Crippen LogP contribution in [0.5, 0.6) is 0 Å². The summed E-state index contributed by atoms with van der Waals surface area (Å²) in [4.78, 5) is 15.6. The molecule has 0 radical (unpaired) electrons. The van der Waals surface area contributed by atoms with Crippen LogP contribution in [0.3, 0.4) is 0 Å². The molecule has 1 heterocycles. The minimum absolute atomic E-state index is 0.181. The number of nitrogens with one attached hydrogen (secondary N) is 1. The van der Waals surface area contributed by atoms with Crippen LogP contribution in [0.2, 0.25) is 0 Å². The number of hydrogen-bond acceptors (Lipinski definition) is 6. The van der Waals surface area contributed by atoms with Crippen molar-refractivity contribution in [2.24, 2.45) is 0 Å². The quantitative estimate of drug-likeness (QED) is 0.831. The number of ether oxygens (including phenoxy) is 1. The number of nitrogens with two attached hydrogens (primary N) is 1. The van der Waals surface area contributed by atoms with Crippen molar-refractivity contribution < 1.29 is 9.53 Å². The number of rotatable bonds is 4. The van der Waals surface area contributed by atoms with Gasteiger partial charge in [0.05, 0.1) is 24.4 Å². The van der Waals surface area contributed by atoms with E-state index in [0.29, 0.717) is 23.6 Å². The number of nitriles is 1. The second-order valence-electron chi connectivity index (χ2n) is 4.29. The standard InChI is InChI=1S/C15H14N4O2/c1-21-15(20)13-6-5-12(17)14(19-13)18-9-11-4-2-3-10(7-11)8-16/h2-7H,9,17H2,1H3,(H,18,19). The van der Waals surface area contributed by atoms with Crippen molar-refractivity contribution >= 4 is 17.5 Å². The highest BCUT2D eigenvalue weighted by Crippen LogP contribution is 2.17. The molecule has 0 aliphatic rings. The van der Waals surface area contributed by atoms with E-state index in [1.165, 1.54) is 13.2 Å². The van der Waals surface area contributed by atoms with Crippen LogP contribution in [-0.4, -0.2) is 18.1 Å². The van der Waals surface area contributed by atoms with Gasteiger partial charge in [-0.3, -0.25) is 0 Å². The molecular formula is C15H14N4O2. The van der Waals surface area contributed by atoms with E-state index in [0.717, 1.165) is 5.56 Å². The summed E-state index contributed by atoms with van der Waals surface area (Å²) >= 11 is 0. The Morgan fingerprint density at radius 3 is 2.95 bits per heavy atom. The number of methoxy groups -OCH3 is 1. The van der Waals surface area contributed by atoms with E-state index < -0.39 is 5.97 Å². The lowest BCUT2D eigenvalue weighted by molar-refractivity contribution is 0.0594. The third kappa shape index (κ3) is 3.48. The molecule has 0 saturated heterocycles. The number of aromatic nitrogens is 1. The number of nitrogens with zero attached hydrogens (tertiary/aromatic N) is 2. The van der Waals surface area contributed by atoms with Crippen LogP contribution in [-0.2, 0) is 11.3 Å². The first-order valence-electron chi connectivity index (χ1n) is 6.22. The molecule has 0 aliphatic carbocycles. The average Bonchev–Trinajstić information content (AvgIpc) is 2.53. The first-order chi connectivity index (χ1) is 10.1. The summed E-state index contributed by atoms with van der Waals surface area (Å²) in [5.41, 5.74) is 7.93. The Balaban J connectivity index is 2.15. The molecule has 21 heavy (non-hydrogen) atoms.